The van der Waals surface area contributed by atoms with Gasteiger partial charge in [-0.1, -0.05) is 30.3 Å². The Hall–Kier alpha value is -3.57. The van der Waals surface area contributed by atoms with E-state index in [4.69, 9.17) is 4.74 Å². The first-order chi connectivity index (χ1) is 18.7. The maximum atomic E-state index is 13.2. The summed E-state index contributed by atoms with van der Waals surface area (Å²) < 4.78 is 73.3. The minimum absolute atomic E-state index is 0.183. The predicted molar refractivity (Wildman–Crippen MR) is 139 cm³/mol. The van der Waals surface area contributed by atoms with Crippen LogP contribution in [0.5, 0.6) is 5.88 Å². The van der Waals surface area contributed by atoms with E-state index in [2.05, 4.69) is 9.17 Å². The lowest BCUT2D eigenvalue weighted by molar-refractivity contribution is -0.0501. The summed E-state index contributed by atoms with van der Waals surface area (Å²) in [7, 11) is -6.07. The Morgan fingerprint density at radius 1 is 1.05 bits per heavy atom. The number of alkyl halides is 3. The molecule has 2 aliphatic rings. The standard InChI is InChI=1S/C26H30F3N5O5S/c1-25(2,3)38-24(35)34-13-11-33(12-14-34)22-19-9-10-32(16-18-7-5-4-6-8-18)17-21(19)20(15-30)23(31-22)39-40(36,37)26(27,28)29/h4-8H,9-14,16-17H2,1-3H3. The van der Waals surface area contributed by atoms with Crippen LogP contribution in [0.2, 0.25) is 0 Å². The number of amides is 1. The molecule has 0 spiro atoms. The number of rotatable bonds is 5. The van der Waals surface area contributed by atoms with E-state index >= 15 is 0 Å². The molecule has 0 aliphatic carbocycles. The SMILES string of the molecule is CC(C)(C)OC(=O)N1CCN(c2nc(OS(=O)(=O)C(F)(F)F)c(C#N)c3c2CCN(Cc2ccccc2)C3)CC1. The normalized spacial score (nSPS) is 16.7. The zero-order valence-electron chi connectivity index (χ0n) is 22.4. The number of anilines is 1. The summed E-state index contributed by atoms with van der Waals surface area (Å²) in [4.78, 5) is 22.0. The van der Waals surface area contributed by atoms with Crippen molar-refractivity contribution in [1.82, 2.24) is 14.8 Å². The maximum Gasteiger partial charge on any atom is 0.534 e. The molecule has 14 heteroatoms. The van der Waals surface area contributed by atoms with Crippen LogP contribution in [-0.2, 0) is 34.4 Å². The van der Waals surface area contributed by atoms with Crippen LogP contribution in [0, 0.1) is 11.3 Å². The highest BCUT2D eigenvalue weighted by molar-refractivity contribution is 7.88. The number of carbonyl (C=O) groups excluding carboxylic acids is 1. The van der Waals surface area contributed by atoms with Crippen LogP contribution in [0.1, 0.15) is 43.0 Å². The summed E-state index contributed by atoms with van der Waals surface area (Å²) in [6, 6.07) is 11.4. The maximum absolute atomic E-state index is 13.2. The number of hydrogen-bond donors (Lipinski definition) is 0. The summed E-state index contributed by atoms with van der Waals surface area (Å²) in [6.45, 7) is 7.60. The van der Waals surface area contributed by atoms with Gasteiger partial charge < -0.3 is 18.7 Å². The van der Waals surface area contributed by atoms with Gasteiger partial charge in [0.2, 0.25) is 0 Å². The summed E-state index contributed by atoms with van der Waals surface area (Å²) in [5.74, 6) is -0.672. The second kappa shape index (κ2) is 11.1. The average Bonchev–Trinajstić information content (AvgIpc) is 2.87. The number of ether oxygens (including phenoxy) is 1. The zero-order valence-corrected chi connectivity index (χ0v) is 23.2. The van der Waals surface area contributed by atoms with Crippen molar-refractivity contribution in [2.75, 3.05) is 37.6 Å². The Kier molecular flexibility index (Phi) is 8.18. The van der Waals surface area contributed by atoms with Crippen molar-refractivity contribution in [3.05, 3.63) is 52.6 Å². The van der Waals surface area contributed by atoms with E-state index in [-0.39, 0.29) is 44.1 Å². The Morgan fingerprint density at radius 2 is 1.70 bits per heavy atom. The van der Waals surface area contributed by atoms with E-state index in [0.29, 0.717) is 30.6 Å². The van der Waals surface area contributed by atoms with Crippen molar-refractivity contribution in [2.45, 2.75) is 51.4 Å². The van der Waals surface area contributed by atoms with Crippen LogP contribution in [-0.4, -0.2) is 73.1 Å². The summed E-state index contributed by atoms with van der Waals surface area (Å²) in [5.41, 5.74) is -4.70. The predicted octanol–water partition coefficient (Wildman–Crippen LogP) is 3.80. The monoisotopic (exact) mass is 581 g/mol. The van der Waals surface area contributed by atoms with Gasteiger partial charge in [0.05, 0.1) is 0 Å². The Morgan fingerprint density at radius 3 is 2.27 bits per heavy atom. The number of aromatic nitrogens is 1. The van der Waals surface area contributed by atoms with Crippen LogP contribution in [0.4, 0.5) is 23.8 Å². The van der Waals surface area contributed by atoms with E-state index in [1.165, 1.54) is 4.90 Å². The molecule has 1 saturated heterocycles. The van der Waals surface area contributed by atoms with E-state index in [0.717, 1.165) is 5.56 Å². The topological polar surface area (TPSA) is 116 Å². The molecule has 4 rings (SSSR count). The summed E-state index contributed by atoms with van der Waals surface area (Å²) in [5, 5.41) is 9.90. The third-order valence-electron chi connectivity index (χ3n) is 6.48. The zero-order chi connectivity index (χ0) is 29.3. The fourth-order valence-electron chi connectivity index (χ4n) is 4.64. The number of piperazine rings is 1. The van der Waals surface area contributed by atoms with Gasteiger partial charge in [-0.15, -0.1) is 0 Å². The Bertz CT molecular complexity index is 1400. The van der Waals surface area contributed by atoms with Gasteiger partial charge in [-0.25, -0.2) is 4.79 Å². The molecule has 3 heterocycles. The van der Waals surface area contributed by atoms with Crippen LogP contribution in [0.25, 0.3) is 0 Å². The Labute approximate surface area is 231 Å². The van der Waals surface area contributed by atoms with Crippen molar-refractivity contribution in [2.24, 2.45) is 0 Å². The second-order valence-electron chi connectivity index (χ2n) is 10.6. The largest absolute Gasteiger partial charge is 0.534 e. The Balaban J connectivity index is 1.68. The fourth-order valence-corrected chi connectivity index (χ4v) is 5.06. The second-order valence-corrected chi connectivity index (χ2v) is 12.1. The molecule has 0 atom stereocenters. The highest BCUT2D eigenvalue weighted by Crippen LogP contribution is 2.37. The molecule has 1 aromatic carbocycles. The number of carbonyl (C=O) groups is 1. The van der Waals surface area contributed by atoms with Crippen LogP contribution in [0.15, 0.2) is 30.3 Å². The number of fused-ring (bicyclic) bond motifs is 1. The van der Waals surface area contributed by atoms with E-state index < -0.39 is 33.2 Å². The van der Waals surface area contributed by atoms with Crippen LogP contribution in [0.3, 0.4) is 0 Å². The van der Waals surface area contributed by atoms with Crippen LogP contribution < -0.4 is 9.08 Å². The number of pyridine rings is 1. The van der Waals surface area contributed by atoms with E-state index in [1.54, 1.807) is 25.7 Å². The molecular weight excluding hydrogens is 551 g/mol. The molecule has 1 amide bonds. The van der Waals surface area contributed by atoms with Crippen molar-refractivity contribution in [1.29, 1.82) is 5.26 Å². The lowest BCUT2D eigenvalue weighted by atomic mass is 9.95. The number of benzene rings is 1. The van der Waals surface area contributed by atoms with Gasteiger partial charge in [0.1, 0.15) is 23.1 Å². The van der Waals surface area contributed by atoms with Gasteiger partial charge in [0, 0.05) is 51.4 Å². The average molecular weight is 582 g/mol. The first-order valence-corrected chi connectivity index (χ1v) is 14.0. The van der Waals surface area contributed by atoms with Crippen molar-refractivity contribution in [3.8, 4) is 11.9 Å². The summed E-state index contributed by atoms with van der Waals surface area (Å²) in [6.07, 6.45) is -0.0589. The summed E-state index contributed by atoms with van der Waals surface area (Å²) >= 11 is 0. The number of nitriles is 1. The minimum Gasteiger partial charge on any atom is -0.444 e. The number of nitrogens with zero attached hydrogens (tertiary/aromatic N) is 5. The molecule has 0 saturated carbocycles. The minimum atomic E-state index is -6.07. The third-order valence-corrected chi connectivity index (χ3v) is 7.43. The van der Waals surface area contributed by atoms with E-state index in [9.17, 15) is 31.6 Å². The first kappa shape index (κ1) is 29.4. The van der Waals surface area contributed by atoms with E-state index in [1.807, 2.05) is 41.3 Å². The highest BCUT2D eigenvalue weighted by Gasteiger charge is 2.49. The molecule has 0 radical (unpaired) electrons. The van der Waals surface area contributed by atoms with Gasteiger partial charge in [-0.2, -0.15) is 31.8 Å². The molecule has 1 fully saturated rings. The molecule has 2 aromatic rings. The van der Waals surface area contributed by atoms with Gasteiger partial charge in [0.15, 0.2) is 0 Å². The lowest BCUT2D eigenvalue weighted by Crippen LogP contribution is -2.50. The van der Waals surface area contributed by atoms with Crippen molar-refractivity contribution >= 4 is 22.0 Å². The molecule has 10 nitrogen and oxygen atoms in total. The smallest absolute Gasteiger partial charge is 0.444 e. The molecular formula is C26H30F3N5O5S. The highest BCUT2D eigenvalue weighted by atomic mass is 32.2. The molecule has 0 N–H and O–H groups in total. The van der Waals surface area contributed by atoms with Gasteiger partial charge in [0.25, 0.3) is 5.88 Å². The number of halogens is 3. The van der Waals surface area contributed by atoms with Gasteiger partial charge >= 0.3 is 21.7 Å². The first-order valence-electron chi connectivity index (χ1n) is 12.6. The van der Waals surface area contributed by atoms with Crippen LogP contribution >= 0.6 is 0 Å². The quantitative estimate of drug-likeness (QED) is 0.384. The molecule has 0 bridgehead atoms. The van der Waals surface area contributed by atoms with Gasteiger partial charge in [-0.05, 0) is 38.3 Å². The van der Waals surface area contributed by atoms with Crippen molar-refractivity contribution < 1.29 is 35.3 Å². The van der Waals surface area contributed by atoms with Gasteiger partial charge in [-0.3, -0.25) is 4.90 Å². The third kappa shape index (κ3) is 6.59. The molecule has 0 unspecified atom stereocenters. The number of hydrogen-bond acceptors (Lipinski definition) is 9. The molecule has 1 aromatic heterocycles. The fraction of sp³-hybridized carbons (Fsp3) is 0.500. The van der Waals surface area contributed by atoms with Crippen molar-refractivity contribution in [3.63, 3.8) is 0 Å². The lowest BCUT2D eigenvalue weighted by Gasteiger charge is -2.38. The molecule has 216 valence electrons. The molecule has 2 aliphatic heterocycles. The molecule has 40 heavy (non-hydrogen) atoms.